The van der Waals surface area contributed by atoms with Crippen LogP contribution in [0.15, 0.2) is 22.7 Å². The third-order valence-electron chi connectivity index (χ3n) is 5.82. The molecule has 1 aromatic carbocycles. The zero-order chi connectivity index (χ0) is 20.2. The Morgan fingerprint density at radius 2 is 2.14 bits per heavy atom. The van der Waals surface area contributed by atoms with Gasteiger partial charge < -0.3 is 19.5 Å². The lowest BCUT2D eigenvalue weighted by Crippen LogP contribution is -2.41. The van der Waals surface area contributed by atoms with E-state index in [-0.39, 0.29) is 11.9 Å². The molecule has 2 amide bonds. The Kier molecular flexibility index (Phi) is 6.13. The molecule has 0 radical (unpaired) electrons. The molecule has 0 bridgehead atoms. The van der Waals surface area contributed by atoms with Gasteiger partial charge in [-0.15, -0.1) is 0 Å². The summed E-state index contributed by atoms with van der Waals surface area (Å²) in [6, 6.07) is 5.89. The van der Waals surface area contributed by atoms with Crippen molar-refractivity contribution in [2.45, 2.75) is 51.9 Å². The monoisotopic (exact) mass is 398 g/mol. The van der Waals surface area contributed by atoms with Gasteiger partial charge in [0.15, 0.2) is 5.82 Å². The van der Waals surface area contributed by atoms with Crippen LogP contribution in [0.1, 0.15) is 54.4 Å². The largest absolute Gasteiger partial charge is 0.381 e. The van der Waals surface area contributed by atoms with E-state index in [0.717, 1.165) is 37.6 Å². The fourth-order valence-electron chi connectivity index (χ4n) is 3.62. The fourth-order valence-corrected chi connectivity index (χ4v) is 3.62. The Morgan fingerprint density at radius 3 is 2.93 bits per heavy atom. The summed E-state index contributed by atoms with van der Waals surface area (Å²) >= 11 is 0. The van der Waals surface area contributed by atoms with E-state index in [1.54, 1.807) is 0 Å². The number of carbonyl (C=O) groups excluding carboxylic acids is 1. The van der Waals surface area contributed by atoms with Gasteiger partial charge in [0, 0.05) is 31.8 Å². The van der Waals surface area contributed by atoms with E-state index in [9.17, 15) is 4.79 Å². The number of ether oxygens (including phenoxy) is 1. The van der Waals surface area contributed by atoms with E-state index in [4.69, 9.17) is 9.26 Å². The molecule has 2 heterocycles. The van der Waals surface area contributed by atoms with Crippen LogP contribution in [-0.4, -0.2) is 47.4 Å². The smallest absolute Gasteiger partial charge is 0.321 e. The second-order valence-corrected chi connectivity index (χ2v) is 8.33. The van der Waals surface area contributed by atoms with E-state index in [1.807, 2.05) is 30.0 Å². The highest BCUT2D eigenvalue weighted by Gasteiger charge is 2.28. The molecule has 7 heteroatoms. The molecule has 1 N–H and O–H groups in total. The third-order valence-corrected chi connectivity index (χ3v) is 5.82. The number of anilines is 1. The second-order valence-electron chi connectivity index (χ2n) is 8.33. The Balaban J connectivity index is 1.29. The number of aryl methyl sites for hydroxylation is 2. The third kappa shape index (κ3) is 5.35. The lowest BCUT2D eigenvalue weighted by atomic mass is 9.98. The van der Waals surface area contributed by atoms with E-state index in [0.29, 0.717) is 31.3 Å². The number of carbonyl (C=O) groups is 1. The Morgan fingerprint density at radius 1 is 1.28 bits per heavy atom. The molecule has 2 fully saturated rings. The summed E-state index contributed by atoms with van der Waals surface area (Å²) in [6.45, 7) is 6.92. The zero-order valence-electron chi connectivity index (χ0n) is 17.3. The molecule has 0 spiro atoms. The molecule has 29 heavy (non-hydrogen) atoms. The van der Waals surface area contributed by atoms with Crippen molar-refractivity contribution in [1.82, 2.24) is 15.0 Å². The normalized spacial score (nSPS) is 19.4. The number of piperidine rings is 1. The minimum absolute atomic E-state index is 0.0776. The van der Waals surface area contributed by atoms with Crippen molar-refractivity contribution < 1.29 is 14.1 Å². The standard InChI is InChI=1S/C22H30N4O3/c1-15-5-8-19(12-16(15)2)23-22(27)26-10-3-4-18(13-26)21-24-20(25-29-21)9-11-28-14-17-6-7-17/h5,8,12,17-18H,3-4,6-7,9-11,13-14H2,1-2H3,(H,23,27). The Bertz CT molecular complexity index is 846. The SMILES string of the molecule is Cc1ccc(NC(=O)N2CCCC(c3nc(CCOCC4CC4)no3)C2)cc1C. The van der Waals surface area contributed by atoms with Crippen LogP contribution in [-0.2, 0) is 11.2 Å². The van der Waals surface area contributed by atoms with Crippen LogP contribution in [0.5, 0.6) is 0 Å². The quantitative estimate of drug-likeness (QED) is 0.711. The summed E-state index contributed by atoms with van der Waals surface area (Å²) in [5.41, 5.74) is 3.21. The van der Waals surface area contributed by atoms with Gasteiger partial charge in [-0.25, -0.2) is 4.79 Å². The van der Waals surface area contributed by atoms with Crippen molar-refractivity contribution in [3.8, 4) is 0 Å². The van der Waals surface area contributed by atoms with Crippen LogP contribution in [0.25, 0.3) is 0 Å². The maximum absolute atomic E-state index is 12.7. The number of likely N-dealkylation sites (tertiary alicyclic amines) is 1. The summed E-state index contributed by atoms with van der Waals surface area (Å²) in [4.78, 5) is 19.1. The van der Waals surface area contributed by atoms with Crippen molar-refractivity contribution in [3.63, 3.8) is 0 Å². The van der Waals surface area contributed by atoms with Gasteiger partial charge in [0.1, 0.15) is 0 Å². The number of hydrogen-bond donors (Lipinski definition) is 1. The van der Waals surface area contributed by atoms with Crippen molar-refractivity contribution in [2.75, 3.05) is 31.6 Å². The molecule has 1 unspecified atom stereocenters. The van der Waals surface area contributed by atoms with Gasteiger partial charge >= 0.3 is 6.03 Å². The molecule has 1 aromatic heterocycles. The summed E-state index contributed by atoms with van der Waals surface area (Å²) in [5.74, 6) is 2.17. The highest BCUT2D eigenvalue weighted by Crippen LogP contribution is 2.29. The number of urea groups is 1. The number of aromatic nitrogens is 2. The van der Waals surface area contributed by atoms with Crippen LogP contribution in [0.4, 0.5) is 10.5 Å². The van der Waals surface area contributed by atoms with Crippen molar-refractivity contribution in [1.29, 1.82) is 0 Å². The second kappa shape index (κ2) is 8.95. The lowest BCUT2D eigenvalue weighted by molar-refractivity contribution is 0.125. The molecule has 1 saturated carbocycles. The maximum atomic E-state index is 12.7. The summed E-state index contributed by atoms with van der Waals surface area (Å²) in [7, 11) is 0. The Hall–Kier alpha value is -2.41. The van der Waals surface area contributed by atoms with E-state index in [1.165, 1.54) is 24.0 Å². The van der Waals surface area contributed by atoms with Gasteiger partial charge in [0.25, 0.3) is 0 Å². The fraction of sp³-hybridized carbons (Fsp3) is 0.591. The lowest BCUT2D eigenvalue weighted by Gasteiger charge is -2.31. The van der Waals surface area contributed by atoms with Gasteiger partial charge in [-0.1, -0.05) is 11.2 Å². The molecule has 7 nitrogen and oxygen atoms in total. The average Bonchev–Trinajstić information content (AvgIpc) is 3.43. The first kappa shape index (κ1) is 19.9. The van der Waals surface area contributed by atoms with Gasteiger partial charge in [-0.2, -0.15) is 4.98 Å². The number of nitrogens with zero attached hydrogens (tertiary/aromatic N) is 3. The van der Waals surface area contributed by atoms with Gasteiger partial charge in [-0.05, 0) is 68.7 Å². The first-order valence-electron chi connectivity index (χ1n) is 10.6. The van der Waals surface area contributed by atoms with E-state index < -0.39 is 0 Å². The molecular weight excluding hydrogens is 368 g/mol. The molecule has 2 aliphatic rings. The predicted molar refractivity (Wildman–Crippen MR) is 110 cm³/mol. The van der Waals surface area contributed by atoms with Crippen LogP contribution in [0, 0.1) is 19.8 Å². The van der Waals surface area contributed by atoms with Crippen molar-refractivity contribution >= 4 is 11.7 Å². The molecular formula is C22H30N4O3. The maximum Gasteiger partial charge on any atom is 0.321 e. The molecule has 1 saturated heterocycles. The number of hydrogen-bond acceptors (Lipinski definition) is 5. The van der Waals surface area contributed by atoms with Crippen molar-refractivity contribution in [2.24, 2.45) is 5.92 Å². The molecule has 156 valence electrons. The van der Waals surface area contributed by atoms with Crippen molar-refractivity contribution in [3.05, 3.63) is 41.0 Å². The summed E-state index contributed by atoms with van der Waals surface area (Å²) < 4.78 is 11.1. The number of amides is 2. The number of rotatable bonds is 7. The first-order valence-corrected chi connectivity index (χ1v) is 10.6. The van der Waals surface area contributed by atoms with Crippen LogP contribution in [0.2, 0.25) is 0 Å². The topological polar surface area (TPSA) is 80.5 Å². The van der Waals surface area contributed by atoms with Gasteiger partial charge in [-0.3, -0.25) is 0 Å². The first-order chi connectivity index (χ1) is 14.1. The highest BCUT2D eigenvalue weighted by atomic mass is 16.5. The molecule has 4 rings (SSSR count). The van der Waals surface area contributed by atoms with Gasteiger partial charge in [0.05, 0.1) is 12.5 Å². The van der Waals surface area contributed by atoms with Crippen LogP contribution < -0.4 is 5.32 Å². The molecule has 2 aromatic rings. The molecule has 1 aliphatic heterocycles. The Labute approximate surface area is 171 Å². The summed E-state index contributed by atoms with van der Waals surface area (Å²) in [5, 5.41) is 7.10. The zero-order valence-corrected chi connectivity index (χ0v) is 17.3. The number of nitrogens with one attached hydrogen (secondary N) is 1. The predicted octanol–water partition coefficient (Wildman–Crippen LogP) is 4.07. The molecule has 1 atom stereocenters. The van der Waals surface area contributed by atoms with Crippen LogP contribution >= 0.6 is 0 Å². The summed E-state index contributed by atoms with van der Waals surface area (Å²) in [6.07, 6.45) is 5.13. The average molecular weight is 399 g/mol. The van der Waals surface area contributed by atoms with Gasteiger partial charge in [0.2, 0.25) is 5.89 Å². The van der Waals surface area contributed by atoms with E-state index >= 15 is 0 Å². The number of benzene rings is 1. The highest BCUT2D eigenvalue weighted by molar-refractivity contribution is 5.89. The van der Waals surface area contributed by atoms with Crippen LogP contribution in [0.3, 0.4) is 0 Å². The molecule has 1 aliphatic carbocycles. The minimum atomic E-state index is -0.0776. The van der Waals surface area contributed by atoms with E-state index in [2.05, 4.69) is 22.4 Å². The minimum Gasteiger partial charge on any atom is -0.381 e.